The first-order chi connectivity index (χ1) is 9.10. The second-order valence-corrected chi connectivity index (χ2v) is 6.06. The molecule has 0 radical (unpaired) electrons. The van der Waals surface area contributed by atoms with Crippen LogP contribution in [0.2, 0.25) is 0 Å². The van der Waals surface area contributed by atoms with Crippen LogP contribution in [0.1, 0.15) is 31.3 Å². The monoisotopic (exact) mass is 341 g/mol. The highest BCUT2D eigenvalue weighted by molar-refractivity contribution is 9.10. The molecule has 1 unspecified atom stereocenters. The average Bonchev–Trinajstić information content (AvgIpc) is 2.77. The normalized spacial score (nSPS) is 12.6. The Morgan fingerprint density at radius 2 is 2.21 bits per heavy atom. The Labute approximate surface area is 125 Å². The Kier molecular flexibility index (Phi) is 5.01. The van der Waals surface area contributed by atoms with Gasteiger partial charge in [0.1, 0.15) is 0 Å². The number of aromatic nitrogens is 2. The molecule has 0 aliphatic carbocycles. The van der Waals surface area contributed by atoms with Crippen molar-refractivity contribution in [1.29, 1.82) is 0 Å². The van der Waals surface area contributed by atoms with Crippen molar-refractivity contribution < 1.29 is 4.42 Å². The summed E-state index contributed by atoms with van der Waals surface area (Å²) in [6.45, 7) is 6.97. The van der Waals surface area contributed by atoms with Crippen LogP contribution in [0.4, 0.5) is 0 Å². The van der Waals surface area contributed by atoms with Crippen LogP contribution in [0.5, 0.6) is 0 Å². The van der Waals surface area contributed by atoms with E-state index < -0.39 is 0 Å². The zero-order valence-corrected chi connectivity index (χ0v) is 13.5. The minimum absolute atomic E-state index is 0.272. The standard InChI is InChI=1S/C13H16BrN3OS/c1-4-15-8(2)11-7-10(14)5-6-12(11)19-13-17-16-9(3)18-13/h5-8,15H,4H2,1-3H3. The van der Waals surface area contributed by atoms with Gasteiger partial charge in [-0.3, -0.25) is 0 Å². The van der Waals surface area contributed by atoms with Crippen molar-refractivity contribution in [2.45, 2.75) is 36.9 Å². The highest BCUT2D eigenvalue weighted by Crippen LogP contribution is 2.34. The molecular formula is C13H16BrN3OS. The van der Waals surface area contributed by atoms with E-state index >= 15 is 0 Å². The zero-order chi connectivity index (χ0) is 13.8. The molecule has 6 heteroatoms. The number of nitrogens with one attached hydrogen (secondary N) is 1. The molecule has 0 amide bonds. The van der Waals surface area contributed by atoms with E-state index in [4.69, 9.17) is 4.42 Å². The van der Waals surface area contributed by atoms with E-state index in [-0.39, 0.29) is 6.04 Å². The molecule has 2 aromatic rings. The Morgan fingerprint density at radius 3 is 2.84 bits per heavy atom. The second-order valence-electron chi connectivity index (χ2n) is 4.15. The molecule has 0 saturated heterocycles. The molecule has 1 heterocycles. The van der Waals surface area contributed by atoms with Gasteiger partial charge in [0.2, 0.25) is 5.89 Å². The fourth-order valence-electron chi connectivity index (χ4n) is 1.78. The van der Waals surface area contributed by atoms with Crippen molar-refractivity contribution in [2.24, 2.45) is 0 Å². The molecule has 0 saturated carbocycles. The van der Waals surface area contributed by atoms with E-state index in [1.165, 1.54) is 17.3 Å². The van der Waals surface area contributed by atoms with Gasteiger partial charge in [-0.2, -0.15) is 0 Å². The Hall–Kier alpha value is -0.850. The third-order valence-electron chi connectivity index (χ3n) is 2.65. The summed E-state index contributed by atoms with van der Waals surface area (Å²) >= 11 is 5.01. The molecule has 102 valence electrons. The Morgan fingerprint density at radius 1 is 1.42 bits per heavy atom. The van der Waals surface area contributed by atoms with E-state index in [0.29, 0.717) is 11.1 Å². The topological polar surface area (TPSA) is 51.0 Å². The Bertz CT molecular complexity index is 559. The molecular weight excluding hydrogens is 326 g/mol. The maximum absolute atomic E-state index is 5.42. The largest absolute Gasteiger partial charge is 0.416 e. The summed E-state index contributed by atoms with van der Waals surface area (Å²) < 4.78 is 6.49. The molecule has 1 aromatic carbocycles. The second kappa shape index (κ2) is 6.54. The maximum Gasteiger partial charge on any atom is 0.281 e. The smallest absolute Gasteiger partial charge is 0.281 e. The van der Waals surface area contributed by atoms with Gasteiger partial charge in [0.05, 0.1) is 0 Å². The van der Waals surface area contributed by atoms with Gasteiger partial charge in [-0.25, -0.2) is 0 Å². The lowest BCUT2D eigenvalue weighted by Gasteiger charge is -2.16. The van der Waals surface area contributed by atoms with Crippen LogP contribution in [0, 0.1) is 6.92 Å². The molecule has 1 aromatic heterocycles. The molecule has 0 aliphatic rings. The molecule has 0 bridgehead atoms. The lowest BCUT2D eigenvalue weighted by atomic mass is 10.1. The van der Waals surface area contributed by atoms with Gasteiger partial charge in [0, 0.05) is 22.3 Å². The predicted molar refractivity (Wildman–Crippen MR) is 79.4 cm³/mol. The van der Waals surface area contributed by atoms with Gasteiger partial charge >= 0.3 is 0 Å². The van der Waals surface area contributed by atoms with Crippen LogP contribution in [0.3, 0.4) is 0 Å². The molecule has 2 rings (SSSR count). The van der Waals surface area contributed by atoms with E-state index in [1.807, 2.05) is 6.07 Å². The van der Waals surface area contributed by atoms with Crippen LogP contribution in [-0.4, -0.2) is 16.7 Å². The minimum Gasteiger partial charge on any atom is -0.416 e. The summed E-state index contributed by atoms with van der Waals surface area (Å²) in [7, 11) is 0. The molecule has 0 aliphatic heterocycles. The van der Waals surface area contributed by atoms with Crippen LogP contribution in [-0.2, 0) is 0 Å². The van der Waals surface area contributed by atoms with E-state index in [1.54, 1.807) is 6.92 Å². The van der Waals surface area contributed by atoms with Gasteiger partial charge in [-0.05, 0) is 49.0 Å². The minimum atomic E-state index is 0.272. The van der Waals surface area contributed by atoms with Gasteiger partial charge in [-0.1, -0.05) is 22.9 Å². The van der Waals surface area contributed by atoms with E-state index in [9.17, 15) is 0 Å². The fraction of sp³-hybridized carbons (Fsp3) is 0.385. The summed E-state index contributed by atoms with van der Waals surface area (Å²) in [5, 5.41) is 11.9. The third-order valence-corrected chi connectivity index (χ3v) is 4.08. The van der Waals surface area contributed by atoms with Crippen molar-refractivity contribution >= 4 is 27.7 Å². The van der Waals surface area contributed by atoms with Crippen molar-refractivity contribution in [3.63, 3.8) is 0 Å². The lowest BCUT2D eigenvalue weighted by Crippen LogP contribution is -2.18. The maximum atomic E-state index is 5.42. The number of rotatable bonds is 5. The SMILES string of the molecule is CCNC(C)c1cc(Br)ccc1Sc1nnc(C)o1. The highest BCUT2D eigenvalue weighted by Gasteiger charge is 2.14. The predicted octanol–water partition coefficient (Wildman–Crippen LogP) is 3.96. The first-order valence-corrected chi connectivity index (χ1v) is 7.72. The molecule has 1 N–H and O–H groups in total. The van der Waals surface area contributed by atoms with Crippen LogP contribution >= 0.6 is 27.7 Å². The van der Waals surface area contributed by atoms with Crippen molar-refractivity contribution in [3.8, 4) is 0 Å². The third kappa shape index (κ3) is 3.81. The van der Waals surface area contributed by atoms with E-state index in [2.05, 4.69) is 57.4 Å². The van der Waals surface area contributed by atoms with Gasteiger partial charge < -0.3 is 9.73 Å². The number of halogens is 1. The first kappa shape index (κ1) is 14.6. The molecule has 0 spiro atoms. The first-order valence-electron chi connectivity index (χ1n) is 6.11. The van der Waals surface area contributed by atoms with Crippen LogP contribution in [0.25, 0.3) is 0 Å². The van der Waals surface area contributed by atoms with Crippen LogP contribution in [0.15, 0.2) is 37.2 Å². The summed E-state index contributed by atoms with van der Waals surface area (Å²) in [5.41, 5.74) is 1.22. The summed E-state index contributed by atoms with van der Waals surface area (Å²) in [5.74, 6) is 0.584. The molecule has 0 fully saturated rings. The van der Waals surface area contributed by atoms with Crippen molar-refractivity contribution in [1.82, 2.24) is 15.5 Å². The Balaban J connectivity index is 2.28. The van der Waals surface area contributed by atoms with Gasteiger partial charge in [0.25, 0.3) is 5.22 Å². The molecule has 19 heavy (non-hydrogen) atoms. The molecule has 1 atom stereocenters. The quantitative estimate of drug-likeness (QED) is 0.891. The van der Waals surface area contributed by atoms with Gasteiger partial charge in [0.15, 0.2) is 0 Å². The number of hydrogen-bond acceptors (Lipinski definition) is 5. The fourth-order valence-corrected chi connectivity index (χ4v) is 3.08. The molecule has 4 nitrogen and oxygen atoms in total. The number of benzene rings is 1. The zero-order valence-electron chi connectivity index (χ0n) is 11.1. The lowest BCUT2D eigenvalue weighted by molar-refractivity contribution is 0.429. The number of aryl methyl sites for hydroxylation is 1. The number of nitrogens with zero attached hydrogens (tertiary/aromatic N) is 2. The summed E-state index contributed by atoms with van der Waals surface area (Å²) in [4.78, 5) is 1.13. The average molecular weight is 342 g/mol. The number of hydrogen-bond donors (Lipinski definition) is 1. The van der Waals surface area contributed by atoms with Crippen molar-refractivity contribution in [2.75, 3.05) is 6.54 Å². The van der Waals surface area contributed by atoms with Crippen molar-refractivity contribution in [3.05, 3.63) is 34.1 Å². The summed E-state index contributed by atoms with van der Waals surface area (Å²) in [6, 6.07) is 6.48. The highest BCUT2D eigenvalue weighted by atomic mass is 79.9. The van der Waals surface area contributed by atoms with E-state index in [0.717, 1.165) is 15.9 Å². The summed E-state index contributed by atoms with van der Waals surface area (Å²) in [6.07, 6.45) is 0. The van der Waals surface area contributed by atoms with Crippen LogP contribution < -0.4 is 5.32 Å². The van der Waals surface area contributed by atoms with Gasteiger partial charge in [-0.15, -0.1) is 10.2 Å².